The molecule has 0 unspecified atom stereocenters. The highest BCUT2D eigenvalue weighted by Crippen LogP contribution is 2.35. The average Bonchev–Trinajstić information content (AvgIpc) is 2.66. The number of nitrogens with two attached hydrogens (primary N) is 1. The van der Waals surface area contributed by atoms with E-state index in [0.29, 0.717) is 29.9 Å². The van der Waals surface area contributed by atoms with Gasteiger partial charge in [0.25, 0.3) is 0 Å². The zero-order chi connectivity index (χ0) is 18.5. The maximum atomic E-state index is 15.1. The second-order valence-electron chi connectivity index (χ2n) is 6.90. The molecule has 0 aliphatic heterocycles. The predicted octanol–water partition coefficient (Wildman–Crippen LogP) is 5.36. The Morgan fingerprint density at radius 2 is 1.81 bits per heavy atom. The lowest BCUT2D eigenvalue weighted by molar-refractivity contribution is 0.147. The van der Waals surface area contributed by atoms with E-state index >= 15 is 4.39 Å². The van der Waals surface area contributed by atoms with Crippen LogP contribution in [0.2, 0.25) is 5.02 Å². The van der Waals surface area contributed by atoms with Gasteiger partial charge in [0, 0.05) is 24.2 Å². The molecule has 1 aliphatic rings. The third-order valence-electron chi connectivity index (χ3n) is 5.13. The van der Waals surface area contributed by atoms with E-state index in [1.54, 1.807) is 24.3 Å². The Kier molecular flexibility index (Phi) is 6.52. The first kappa shape index (κ1) is 19.2. The van der Waals surface area contributed by atoms with Gasteiger partial charge in [-0.25, -0.2) is 4.39 Å². The van der Waals surface area contributed by atoms with Gasteiger partial charge in [-0.2, -0.15) is 0 Å². The number of nitrogens with zero attached hydrogens (tertiary/aromatic N) is 1. The molecule has 0 heterocycles. The van der Waals surface area contributed by atoms with Crippen LogP contribution in [0.5, 0.6) is 11.5 Å². The van der Waals surface area contributed by atoms with E-state index in [9.17, 15) is 0 Å². The Hall–Kier alpha value is -1.62. The fourth-order valence-corrected chi connectivity index (χ4v) is 3.76. The van der Waals surface area contributed by atoms with E-state index in [0.717, 1.165) is 32.2 Å². The van der Waals surface area contributed by atoms with Gasteiger partial charge in [0.15, 0.2) is 11.6 Å². The summed E-state index contributed by atoms with van der Waals surface area (Å²) in [5.74, 6) is 0.281. The number of hydrogen-bond donors (Lipinski definition) is 1. The standard InChI is InChI=1S/C21H26ClFN2O/c1-2-25(17-11-9-16(24)10-12-17)14-15-8-13-19(22)21(20(15)23)26-18-6-4-3-5-7-18/h3-8,13,16-17H,2,9-12,14,24H2,1H3/t16-,17-. The lowest BCUT2D eigenvalue weighted by Crippen LogP contribution is -2.40. The highest BCUT2D eigenvalue weighted by Gasteiger charge is 2.25. The normalized spacial score (nSPS) is 20.3. The highest BCUT2D eigenvalue weighted by atomic mass is 35.5. The molecule has 0 bridgehead atoms. The molecule has 140 valence electrons. The molecule has 5 heteroatoms. The van der Waals surface area contributed by atoms with E-state index < -0.39 is 0 Å². The number of halogens is 2. The molecule has 2 N–H and O–H groups in total. The summed E-state index contributed by atoms with van der Waals surface area (Å²) in [6, 6.07) is 13.4. The van der Waals surface area contributed by atoms with Crippen LogP contribution in [0.1, 0.15) is 38.2 Å². The second-order valence-corrected chi connectivity index (χ2v) is 7.30. The molecule has 26 heavy (non-hydrogen) atoms. The topological polar surface area (TPSA) is 38.5 Å². The van der Waals surface area contributed by atoms with Crippen LogP contribution in [0.15, 0.2) is 42.5 Å². The van der Waals surface area contributed by atoms with Crippen molar-refractivity contribution >= 4 is 11.6 Å². The average molecular weight is 377 g/mol. The molecule has 1 saturated carbocycles. The predicted molar refractivity (Wildman–Crippen MR) is 104 cm³/mol. The van der Waals surface area contributed by atoms with E-state index in [4.69, 9.17) is 22.1 Å². The van der Waals surface area contributed by atoms with Crippen molar-refractivity contribution in [3.05, 3.63) is 58.9 Å². The molecule has 0 spiro atoms. The summed E-state index contributed by atoms with van der Waals surface area (Å²) in [7, 11) is 0. The molecule has 2 aromatic rings. The molecular formula is C21H26ClFN2O. The van der Waals surface area contributed by atoms with Gasteiger partial charge < -0.3 is 10.5 Å². The zero-order valence-corrected chi connectivity index (χ0v) is 15.9. The van der Waals surface area contributed by atoms with Crippen molar-refractivity contribution in [2.24, 2.45) is 5.73 Å². The van der Waals surface area contributed by atoms with Crippen molar-refractivity contribution < 1.29 is 9.13 Å². The van der Waals surface area contributed by atoms with Crippen molar-refractivity contribution in [1.29, 1.82) is 0 Å². The fourth-order valence-electron chi connectivity index (χ4n) is 3.58. The van der Waals surface area contributed by atoms with Crippen LogP contribution in [-0.2, 0) is 6.54 Å². The fraction of sp³-hybridized carbons (Fsp3) is 0.429. The maximum Gasteiger partial charge on any atom is 0.181 e. The lowest BCUT2D eigenvalue weighted by Gasteiger charge is -2.35. The monoisotopic (exact) mass is 376 g/mol. The molecule has 0 amide bonds. The van der Waals surface area contributed by atoms with Gasteiger partial charge in [-0.15, -0.1) is 0 Å². The van der Waals surface area contributed by atoms with Crippen molar-refractivity contribution in [3.63, 3.8) is 0 Å². The SMILES string of the molecule is CCN(Cc1ccc(Cl)c(Oc2ccccc2)c1F)[C@H]1CC[C@H](N)CC1. The van der Waals surface area contributed by atoms with Crippen molar-refractivity contribution in [1.82, 2.24) is 4.90 Å². The van der Waals surface area contributed by atoms with Crippen LogP contribution in [-0.4, -0.2) is 23.5 Å². The van der Waals surface area contributed by atoms with Gasteiger partial charge in [0.05, 0.1) is 5.02 Å². The Morgan fingerprint density at radius 3 is 2.46 bits per heavy atom. The van der Waals surface area contributed by atoms with Crippen LogP contribution in [0, 0.1) is 5.82 Å². The molecule has 3 rings (SSSR count). The first-order chi connectivity index (χ1) is 12.6. The minimum atomic E-state index is -0.382. The Bertz CT molecular complexity index is 717. The maximum absolute atomic E-state index is 15.1. The van der Waals surface area contributed by atoms with Crippen LogP contribution < -0.4 is 10.5 Å². The van der Waals surface area contributed by atoms with E-state index in [-0.39, 0.29) is 16.6 Å². The quantitative estimate of drug-likeness (QED) is 0.737. The van der Waals surface area contributed by atoms with Gasteiger partial charge in [0.2, 0.25) is 0 Å². The third-order valence-corrected chi connectivity index (χ3v) is 5.43. The number of ether oxygens (including phenoxy) is 1. The molecule has 1 aliphatic carbocycles. The van der Waals surface area contributed by atoms with Gasteiger partial charge in [-0.1, -0.05) is 42.8 Å². The Balaban J connectivity index is 1.78. The van der Waals surface area contributed by atoms with Crippen LogP contribution in [0.25, 0.3) is 0 Å². The molecule has 2 aromatic carbocycles. The molecule has 3 nitrogen and oxygen atoms in total. The van der Waals surface area contributed by atoms with Crippen LogP contribution >= 0.6 is 11.6 Å². The summed E-state index contributed by atoms with van der Waals surface area (Å²) in [6.45, 7) is 3.53. The molecule has 0 radical (unpaired) electrons. The first-order valence-electron chi connectivity index (χ1n) is 9.28. The van der Waals surface area contributed by atoms with Crippen molar-refractivity contribution in [2.45, 2.75) is 51.2 Å². The minimum Gasteiger partial charge on any atom is -0.453 e. The molecular weight excluding hydrogens is 351 g/mol. The lowest BCUT2D eigenvalue weighted by atomic mass is 9.90. The summed E-state index contributed by atoms with van der Waals surface area (Å²) >= 11 is 6.19. The largest absolute Gasteiger partial charge is 0.453 e. The zero-order valence-electron chi connectivity index (χ0n) is 15.1. The third kappa shape index (κ3) is 4.56. The van der Waals surface area contributed by atoms with Gasteiger partial charge >= 0.3 is 0 Å². The van der Waals surface area contributed by atoms with Crippen LogP contribution in [0.4, 0.5) is 4.39 Å². The summed E-state index contributed by atoms with van der Waals surface area (Å²) < 4.78 is 20.8. The summed E-state index contributed by atoms with van der Waals surface area (Å²) in [5.41, 5.74) is 6.62. The van der Waals surface area contributed by atoms with Gasteiger partial charge in [-0.3, -0.25) is 4.90 Å². The first-order valence-corrected chi connectivity index (χ1v) is 9.65. The Labute approximate surface area is 159 Å². The molecule has 0 saturated heterocycles. The van der Waals surface area contributed by atoms with Crippen molar-refractivity contribution in [2.75, 3.05) is 6.54 Å². The smallest absolute Gasteiger partial charge is 0.181 e. The summed E-state index contributed by atoms with van der Waals surface area (Å²) in [6.07, 6.45) is 4.20. The van der Waals surface area contributed by atoms with Crippen LogP contribution in [0.3, 0.4) is 0 Å². The summed E-state index contributed by atoms with van der Waals surface area (Å²) in [4.78, 5) is 2.32. The van der Waals surface area contributed by atoms with E-state index in [1.165, 1.54) is 0 Å². The van der Waals surface area contributed by atoms with Crippen molar-refractivity contribution in [3.8, 4) is 11.5 Å². The van der Waals surface area contributed by atoms with Gasteiger partial charge in [-0.05, 0) is 50.4 Å². The van der Waals surface area contributed by atoms with E-state index in [1.807, 2.05) is 18.2 Å². The molecule has 1 fully saturated rings. The van der Waals surface area contributed by atoms with Gasteiger partial charge in [0.1, 0.15) is 5.75 Å². The summed E-state index contributed by atoms with van der Waals surface area (Å²) in [5, 5.41) is 0.279. The number of para-hydroxylation sites is 1. The molecule has 0 aromatic heterocycles. The highest BCUT2D eigenvalue weighted by molar-refractivity contribution is 6.32. The number of hydrogen-bond acceptors (Lipinski definition) is 3. The Morgan fingerprint density at radius 1 is 1.12 bits per heavy atom. The van der Waals surface area contributed by atoms with E-state index in [2.05, 4.69) is 11.8 Å². The number of rotatable bonds is 6. The number of benzene rings is 2. The second kappa shape index (κ2) is 8.85. The minimum absolute atomic E-state index is 0.0945. The molecule has 0 atom stereocenters.